The second-order valence-corrected chi connectivity index (χ2v) is 7.69. The van der Waals surface area contributed by atoms with Crippen molar-refractivity contribution in [2.75, 3.05) is 32.7 Å². The van der Waals surface area contributed by atoms with Crippen molar-refractivity contribution in [2.45, 2.75) is 44.9 Å². The molecule has 3 rings (SSSR count). The van der Waals surface area contributed by atoms with Gasteiger partial charge in [-0.1, -0.05) is 0 Å². The number of nitrogens with zero attached hydrogens (tertiary/aromatic N) is 3. The van der Waals surface area contributed by atoms with E-state index in [1.54, 1.807) is 4.90 Å². The van der Waals surface area contributed by atoms with Crippen LogP contribution in [0.15, 0.2) is 18.3 Å². The molecule has 9 heteroatoms. The van der Waals surface area contributed by atoms with E-state index in [0.717, 1.165) is 50.8 Å². The van der Waals surface area contributed by atoms with E-state index >= 15 is 0 Å². The fourth-order valence-corrected chi connectivity index (χ4v) is 3.95. The molecule has 2 aliphatic rings. The zero-order valence-electron chi connectivity index (χ0n) is 16.2. The summed E-state index contributed by atoms with van der Waals surface area (Å²) in [4.78, 5) is 20.6. The maximum absolute atomic E-state index is 12.9. The van der Waals surface area contributed by atoms with Gasteiger partial charge in [-0.05, 0) is 51.8 Å². The van der Waals surface area contributed by atoms with Gasteiger partial charge in [-0.15, -0.1) is 0 Å². The number of alkyl halides is 3. The van der Waals surface area contributed by atoms with Gasteiger partial charge in [0.05, 0.1) is 11.6 Å². The third kappa shape index (κ3) is 4.94. The highest BCUT2D eigenvalue weighted by atomic mass is 19.4. The van der Waals surface area contributed by atoms with Gasteiger partial charge in [-0.25, -0.2) is 9.78 Å². The van der Waals surface area contributed by atoms with Gasteiger partial charge in [0.15, 0.2) is 0 Å². The van der Waals surface area contributed by atoms with Crippen molar-refractivity contribution in [1.29, 1.82) is 0 Å². The molecule has 156 valence electrons. The number of pyridine rings is 1. The van der Waals surface area contributed by atoms with Crippen molar-refractivity contribution in [1.82, 2.24) is 20.1 Å². The number of ether oxygens (including phenoxy) is 1. The van der Waals surface area contributed by atoms with Crippen molar-refractivity contribution in [2.24, 2.45) is 5.92 Å². The molecule has 1 atom stereocenters. The van der Waals surface area contributed by atoms with Crippen LogP contribution in [0.25, 0.3) is 0 Å². The van der Waals surface area contributed by atoms with Gasteiger partial charge in [-0.2, -0.15) is 13.2 Å². The Bertz CT molecular complexity index is 677. The van der Waals surface area contributed by atoms with Crippen LogP contribution in [0.1, 0.15) is 32.3 Å². The van der Waals surface area contributed by atoms with Gasteiger partial charge in [0.1, 0.15) is 0 Å². The molecule has 1 N–H and O–H groups in total. The number of rotatable bonds is 3. The number of hydrogen-bond acceptors (Lipinski definition) is 5. The predicted molar refractivity (Wildman–Crippen MR) is 98.1 cm³/mol. The Morgan fingerprint density at radius 2 is 2.00 bits per heavy atom. The summed E-state index contributed by atoms with van der Waals surface area (Å²) >= 11 is 0. The average Bonchev–Trinajstić information content (AvgIpc) is 2.67. The quantitative estimate of drug-likeness (QED) is 0.845. The molecule has 1 unspecified atom stereocenters. The fourth-order valence-electron chi connectivity index (χ4n) is 3.95. The molecule has 0 aliphatic carbocycles. The highest BCUT2D eigenvalue weighted by Crippen LogP contribution is 2.31. The molecule has 0 saturated carbocycles. The van der Waals surface area contributed by atoms with Crippen LogP contribution in [0.4, 0.5) is 18.0 Å². The van der Waals surface area contributed by atoms with Crippen LogP contribution in [0.5, 0.6) is 5.88 Å². The van der Waals surface area contributed by atoms with Crippen molar-refractivity contribution in [3.8, 4) is 5.88 Å². The molecule has 2 saturated heterocycles. The maximum atomic E-state index is 12.9. The van der Waals surface area contributed by atoms with Crippen LogP contribution in [0, 0.1) is 5.92 Å². The molecule has 1 aromatic rings. The number of carbonyl (C=O) groups is 1. The molecular formula is C19H27F3N4O2. The van der Waals surface area contributed by atoms with E-state index in [2.05, 4.69) is 29.0 Å². The van der Waals surface area contributed by atoms with Crippen LogP contribution < -0.4 is 10.1 Å². The summed E-state index contributed by atoms with van der Waals surface area (Å²) in [6.07, 6.45) is -2.21. The molecule has 3 heterocycles. The van der Waals surface area contributed by atoms with Gasteiger partial charge in [0.25, 0.3) is 0 Å². The summed E-state index contributed by atoms with van der Waals surface area (Å²) in [5.41, 5.74) is -0.884. The first-order valence-electron chi connectivity index (χ1n) is 9.72. The van der Waals surface area contributed by atoms with Crippen LogP contribution in [0.3, 0.4) is 0 Å². The number of nitrogens with one attached hydrogen (secondary N) is 1. The third-order valence-electron chi connectivity index (χ3n) is 5.60. The van der Waals surface area contributed by atoms with Crippen LogP contribution >= 0.6 is 0 Å². The van der Waals surface area contributed by atoms with Crippen LogP contribution in [-0.4, -0.2) is 65.7 Å². The van der Waals surface area contributed by atoms with E-state index in [4.69, 9.17) is 4.74 Å². The van der Waals surface area contributed by atoms with Gasteiger partial charge in [0.2, 0.25) is 5.88 Å². The SMILES string of the molecule is CC(C)N1CCN(C(=O)Oc2cc(C(F)(F)F)ccn2)C(C2CCNCC2)C1. The summed E-state index contributed by atoms with van der Waals surface area (Å²) in [5, 5.41) is 3.33. The second kappa shape index (κ2) is 8.65. The molecule has 2 aliphatic heterocycles. The van der Waals surface area contributed by atoms with E-state index in [-0.39, 0.29) is 11.9 Å². The van der Waals surface area contributed by atoms with Crippen molar-refractivity contribution < 1.29 is 22.7 Å². The number of aromatic nitrogens is 1. The second-order valence-electron chi connectivity index (χ2n) is 7.69. The minimum absolute atomic E-state index is 0.0171. The topological polar surface area (TPSA) is 57.7 Å². The minimum Gasteiger partial charge on any atom is -0.391 e. The van der Waals surface area contributed by atoms with Gasteiger partial charge in [-0.3, -0.25) is 4.90 Å². The summed E-state index contributed by atoms with van der Waals surface area (Å²) in [6.45, 7) is 8.00. The number of carbonyl (C=O) groups excluding carboxylic acids is 1. The van der Waals surface area contributed by atoms with Crippen molar-refractivity contribution in [3.63, 3.8) is 0 Å². The molecular weight excluding hydrogens is 373 g/mol. The molecule has 0 bridgehead atoms. The van der Waals surface area contributed by atoms with Crippen molar-refractivity contribution in [3.05, 3.63) is 23.9 Å². The molecule has 0 spiro atoms. The lowest BCUT2D eigenvalue weighted by Gasteiger charge is -2.46. The fraction of sp³-hybridized carbons (Fsp3) is 0.684. The van der Waals surface area contributed by atoms with Gasteiger partial charge >= 0.3 is 12.3 Å². The Morgan fingerprint density at radius 1 is 1.29 bits per heavy atom. The Balaban J connectivity index is 1.74. The molecule has 6 nitrogen and oxygen atoms in total. The first-order valence-corrected chi connectivity index (χ1v) is 9.72. The third-order valence-corrected chi connectivity index (χ3v) is 5.60. The lowest BCUT2D eigenvalue weighted by atomic mass is 9.87. The molecule has 1 aromatic heterocycles. The normalized spacial score (nSPS) is 22.5. The molecule has 0 aromatic carbocycles. The number of piperazine rings is 1. The summed E-state index contributed by atoms with van der Waals surface area (Å²) < 4.78 is 43.9. The first-order chi connectivity index (χ1) is 13.3. The smallest absolute Gasteiger partial charge is 0.391 e. The number of amides is 1. The lowest BCUT2D eigenvalue weighted by Crippen LogP contribution is -2.60. The Morgan fingerprint density at radius 3 is 2.64 bits per heavy atom. The monoisotopic (exact) mass is 400 g/mol. The number of hydrogen-bond donors (Lipinski definition) is 1. The van der Waals surface area contributed by atoms with Gasteiger partial charge < -0.3 is 15.0 Å². The van der Waals surface area contributed by atoms with Crippen LogP contribution in [0.2, 0.25) is 0 Å². The lowest BCUT2D eigenvalue weighted by molar-refractivity contribution is -0.137. The summed E-state index contributed by atoms with van der Waals surface area (Å²) in [5.74, 6) is 0.0139. The van der Waals surface area contributed by atoms with Crippen molar-refractivity contribution >= 4 is 6.09 Å². The van der Waals surface area contributed by atoms with Crippen LogP contribution in [-0.2, 0) is 6.18 Å². The zero-order valence-corrected chi connectivity index (χ0v) is 16.2. The Kier molecular flexibility index (Phi) is 6.44. The standard InChI is InChI=1S/C19H27F3N4O2/c1-13(2)25-9-10-26(16(12-25)14-3-6-23-7-4-14)18(27)28-17-11-15(5-8-24-17)19(20,21)22/h5,8,11,13-14,16,23H,3-4,6-7,9-10,12H2,1-2H3. The molecule has 1 amide bonds. The highest BCUT2D eigenvalue weighted by molar-refractivity contribution is 5.71. The molecule has 0 radical (unpaired) electrons. The number of piperidine rings is 1. The van der Waals surface area contributed by atoms with E-state index < -0.39 is 17.8 Å². The average molecular weight is 400 g/mol. The minimum atomic E-state index is -4.51. The summed E-state index contributed by atoms with van der Waals surface area (Å²) in [7, 11) is 0. The summed E-state index contributed by atoms with van der Waals surface area (Å²) in [6, 6.07) is 1.97. The Hall–Kier alpha value is -1.87. The Labute approximate surface area is 163 Å². The predicted octanol–water partition coefficient (Wildman–Crippen LogP) is 2.99. The van der Waals surface area contributed by atoms with E-state index in [0.29, 0.717) is 25.0 Å². The van der Waals surface area contributed by atoms with E-state index in [1.807, 2.05) is 0 Å². The zero-order chi connectivity index (χ0) is 20.3. The largest absolute Gasteiger partial charge is 0.416 e. The molecule has 28 heavy (non-hydrogen) atoms. The van der Waals surface area contributed by atoms with E-state index in [9.17, 15) is 18.0 Å². The van der Waals surface area contributed by atoms with Gasteiger partial charge in [0, 0.05) is 37.9 Å². The highest BCUT2D eigenvalue weighted by Gasteiger charge is 2.38. The molecule has 2 fully saturated rings. The van der Waals surface area contributed by atoms with E-state index in [1.165, 1.54) is 0 Å². The maximum Gasteiger partial charge on any atom is 0.416 e. The first kappa shape index (κ1) is 20.9. The number of halogens is 3.